The largest absolute Gasteiger partial charge is 0.505 e. The predicted octanol–water partition coefficient (Wildman–Crippen LogP) is 18.0. The number of aromatic amines is 1. The van der Waals surface area contributed by atoms with Crippen molar-refractivity contribution in [3.05, 3.63) is 283 Å². The van der Waals surface area contributed by atoms with Gasteiger partial charge in [-0.25, -0.2) is 17.6 Å². The minimum absolute atomic E-state index is 0.0590. The minimum atomic E-state index is -0.987. The Morgan fingerprint density at radius 1 is 0.504 bits per heavy atom. The van der Waals surface area contributed by atoms with Crippen molar-refractivity contribution in [3.8, 4) is 40.2 Å². The van der Waals surface area contributed by atoms with Gasteiger partial charge in [-0.05, 0) is 90.6 Å². The standard InChI is InChI=1S/C27H25FN4O3S2.C18H16FN3O4S.C18H18FN3O2S.C12H14N2O2S.C8H4ClNOS.C6H4FNO3.C4H9NO/c28-21-15-19(30-27(36)31-25(33)14-18-4-2-1-3-5-18)6-7-23(21)35-24-8-9-29-22-16-20(37-26(22)24)17-32-10-12-34-13-11-32;19-14-9-12(22(23)24)1-2-16(14)26-17-3-4-20-15-10-13(27-18(15)17)11-21-5-7-25-8-6-21;19-14-9-12(20)1-2-16(14)24-17-3-4-21-15-10-13(25-18(15)17)11-22-5-7-23-8-6-22;15-11-1-2-13-10-7-9(17-12(10)11)8-14-3-5-16-6-4-14;9-6-1-2-10-7-3-5(4-11)12-8(6)7;7-5-3-4(8(10)11)1-2-6(5)9;1-3-6-4-2-5-1/h1-9,15-16H,10-14,17H2,(H2,30,31,33,36);1-4,9-10H,5-8,11H2;1-4,9-10H,5-8,11,20H2;1-2,7H,3-6,8H2,(H,13,15);1-4H;1-3,9H;5H,1-4H2. The number of carbonyl (C=O) groups excluding carboxylic acids is 2. The van der Waals surface area contributed by atoms with E-state index in [4.69, 9.17) is 72.6 Å². The number of ether oxygens (including phenoxy) is 8. The number of nitro groups is 2. The van der Waals surface area contributed by atoms with Crippen LogP contribution in [-0.2, 0) is 61.1 Å². The number of morpholine rings is 5. The molecule has 20 rings (SSSR count). The number of aromatic nitrogens is 5. The molecule has 1 amide bonds. The van der Waals surface area contributed by atoms with Crippen molar-refractivity contribution in [1.29, 1.82) is 0 Å². The first-order valence-electron chi connectivity index (χ1n) is 42.4. The SMILES string of the molecule is C1COCCN1.Nc1ccc(Oc2ccnc3cc(CN4CCOCC4)sc23)c(F)c1.O=C(Cc1ccccc1)NC(=S)Nc1ccc(Oc2ccnc3cc(CN4CCOCC4)sc23)c(F)c1.O=Cc1cc2nccc(Cl)c2s1.O=[N+]([O-])c1ccc(O)c(F)c1.O=[N+]([O-])c1ccc(Oc2ccnc3cc(CN4CCOCC4)sc23)c(F)c1.O=c1cc[nH]c2cc(CN3CCOCC3)sc12. The molecule has 0 spiro atoms. The second-order valence-electron chi connectivity index (χ2n) is 30.3. The molecule has 0 saturated carbocycles. The Labute approximate surface area is 800 Å². The fraction of sp³-hybridized carbons (Fsp3) is 0.269. The lowest BCUT2D eigenvalue weighted by atomic mass is 10.1. The van der Waals surface area contributed by atoms with E-state index in [2.05, 4.69) is 78.7 Å². The van der Waals surface area contributed by atoms with Crippen LogP contribution in [0.3, 0.4) is 0 Å². The summed E-state index contributed by atoms with van der Waals surface area (Å²) >= 11 is 18.8. The molecule has 42 heteroatoms. The molecule has 15 aromatic rings. The number of fused-ring (bicyclic) bond motifs is 5. The molecule has 5 aliphatic rings. The molecule has 10 aromatic heterocycles. The molecule has 7 N–H and O–H groups in total. The van der Waals surface area contributed by atoms with Crippen LogP contribution < -0.4 is 41.3 Å². The van der Waals surface area contributed by atoms with Gasteiger partial charge in [0.15, 0.2) is 63.1 Å². The number of rotatable bonds is 20. The van der Waals surface area contributed by atoms with E-state index in [1.807, 2.05) is 36.4 Å². The maximum Gasteiger partial charge on any atom is 0.272 e. The number of carbonyl (C=O) groups is 2. The second kappa shape index (κ2) is 49.4. The van der Waals surface area contributed by atoms with Crippen molar-refractivity contribution in [2.24, 2.45) is 0 Å². The molecule has 0 atom stereocenters. The number of nitro benzene ring substituents is 2. The van der Waals surface area contributed by atoms with Crippen LogP contribution in [0.2, 0.25) is 5.02 Å². The van der Waals surface area contributed by atoms with E-state index in [-0.39, 0.29) is 51.5 Å². The van der Waals surface area contributed by atoms with Gasteiger partial charge < -0.3 is 69.7 Å². The van der Waals surface area contributed by atoms with E-state index >= 15 is 0 Å². The number of phenols is 1. The summed E-state index contributed by atoms with van der Waals surface area (Å²) in [5, 5.41) is 38.8. The van der Waals surface area contributed by atoms with E-state index in [0.717, 1.165) is 244 Å². The highest BCUT2D eigenvalue weighted by Gasteiger charge is 2.23. The normalized spacial score (nSPS) is 14.7. The number of aldehydes is 1. The van der Waals surface area contributed by atoms with Gasteiger partial charge in [-0.3, -0.25) is 74.1 Å². The Morgan fingerprint density at radius 3 is 1.35 bits per heavy atom. The summed E-state index contributed by atoms with van der Waals surface area (Å²) in [6.07, 6.45) is 9.28. The van der Waals surface area contributed by atoms with Crippen molar-refractivity contribution in [1.82, 2.24) is 55.2 Å². The fourth-order valence-corrected chi connectivity index (χ4v) is 19.6. The molecule has 0 aliphatic carbocycles. The van der Waals surface area contributed by atoms with Crippen LogP contribution in [0.15, 0.2) is 200 Å². The lowest BCUT2D eigenvalue weighted by molar-refractivity contribution is -0.385. The number of nitrogens with zero attached hydrogens (tertiary/aromatic N) is 10. The Balaban J connectivity index is 0.000000133. The Kier molecular flexibility index (Phi) is 36.2. The van der Waals surface area contributed by atoms with Crippen molar-refractivity contribution in [3.63, 3.8) is 0 Å². The van der Waals surface area contributed by atoms with E-state index in [1.54, 1.807) is 131 Å². The fourth-order valence-electron chi connectivity index (χ4n) is 13.9. The molecule has 135 heavy (non-hydrogen) atoms. The number of halogens is 5. The number of H-pyrrole nitrogens is 1. The van der Waals surface area contributed by atoms with Gasteiger partial charge >= 0.3 is 0 Å². The van der Waals surface area contributed by atoms with Gasteiger partial charge in [-0.2, -0.15) is 0 Å². The molecule has 0 bridgehead atoms. The molecule has 5 aromatic carbocycles. The number of hydrogen-bond acceptors (Lipinski definition) is 32. The third kappa shape index (κ3) is 29.0. The number of aromatic hydroxyl groups is 1. The topological polar surface area (TPSA) is 374 Å². The molecule has 31 nitrogen and oxygen atoms in total. The first kappa shape index (κ1) is 98.9. The van der Waals surface area contributed by atoms with Gasteiger partial charge in [0.05, 0.1) is 155 Å². The summed E-state index contributed by atoms with van der Waals surface area (Å²) in [6.45, 7) is 20.7. The number of pyridine rings is 5. The summed E-state index contributed by atoms with van der Waals surface area (Å²) < 4.78 is 104. The number of thiocarbonyl (C=S) groups is 1. The van der Waals surface area contributed by atoms with Crippen molar-refractivity contribution < 1.29 is 80.0 Å². The van der Waals surface area contributed by atoms with Gasteiger partial charge in [0.1, 0.15) is 17.2 Å². The van der Waals surface area contributed by atoms with Crippen LogP contribution in [0.5, 0.6) is 40.2 Å². The summed E-state index contributed by atoms with van der Waals surface area (Å²) in [5.74, 6) is -1.83. The monoisotopic (exact) mass is 1980 g/mol. The highest BCUT2D eigenvalue weighted by Crippen LogP contribution is 2.41. The zero-order valence-electron chi connectivity index (χ0n) is 72.2. The Hall–Kier alpha value is -12.1. The molecule has 5 saturated heterocycles. The predicted molar refractivity (Wildman–Crippen MR) is 519 cm³/mol. The zero-order chi connectivity index (χ0) is 94.5. The summed E-state index contributed by atoms with van der Waals surface area (Å²) in [5.41, 5.74) is 10.8. The quantitative estimate of drug-likeness (QED) is 0.0103. The Morgan fingerprint density at radius 2 is 0.926 bits per heavy atom. The molecule has 15 heterocycles. The smallest absolute Gasteiger partial charge is 0.272 e. The number of nitrogen functional groups attached to an aromatic ring is 1. The first-order chi connectivity index (χ1) is 65.6. The summed E-state index contributed by atoms with van der Waals surface area (Å²) in [4.78, 5) is 88.9. The summed E-state index contributed by atoms with van der Waals surface area (Å²) in [6, 6.07) is 42.6. The molecule has 5 fully saturated rings. The molecule has 5 aliphatic heterocycles. The lowest BCUT2D eigenvalue weighted by Crippen LogP contribution is -2.35. The maximum atomic E-state index is 14.9. The maximum absolute atomic E-state index is 14.9. The number of phenolic OH excluding ortho intramolecular Hbond substituents is 1. The highest BCUT2D eigenvalue weighted by molar-refractivity contribution is 7.80. The van der Waals surface area contributed by atoms with Crippen LogP contribution in [-0.4, -0.2) is 208 Å². The third-order valence-corrected chi connectivity index (χ3v) is 26.8. The number of amides is 1. The van der Waals surface area contributed by atoms with Crippen molar-refractivity contribution >= 4 is 172 Å². The molecule has 0 unspecified atom stereocenters. The first-order valence-corrected chi connectivity index (χ1v) is 47.2. The molecular weight excluding hydrogens is 1890 g/mol. The van der Waals surface area contributed by atoms with Crippen molar-refractivity contribution in [2.75, 3.05) is 143 Å². The number of nitrogens with one attached hydrogen (secondary N) is 4. The van der Waals surface area contributed by atoms with Gasteiger partial charge in [-0.1, -0.05) is 41.9 Å². The van der Waals surface area contributed by atoms with E-state index < -0.39 is 38.9 Å². The summed E-state index contributed by atoms with van der Waals surface area (Å²) in [7, 11) is 0. The second-order valence-corrected chi connectivity index (χ2v) is 36.7. The number of thiophene rings is 5. The lowest BCUT2D eigenvalue weighted by Gasteiger charge is -2.25. The van der Waals surface area contributed by atoms with E-state index in [9.17, 15) is 52.2 Å². The number of non-ortho nitro benzene ring substituents is 2. The minimum Gasteiger partial charge on any atom is -0.505 e. The average Bonchev–Trinajstić information content (AvgIpc) is 1.68. The number of anilines is 2. The van der Waals surface area contributed by atoms with Gasteiger partial charge in [0.2, 0.25) is 5.91 Å². The highest BCUT2D eigenvalue weighted by atomic mass is 35.5. The van der Waals surface area contributed by atoms with Gasteiger partial charge in [-0.15, -0.1) is 56.7 Å². The number of hydrogen-bond donors (Lipinski definition) is 6. The van der Waals surface area contributed by atoms with Crippen LogP contribution in [0.1, 0.15) is 34.7 Å². The molecule has 0 radical (unpaired) electrons. The van der Waals surface area contributed by atoms with Gasteiger partial charge in [0, 0.05) is 202 Å². The average molecular weight is 1980 g/mol. The van der Waals surface area contributed by atoms with Crippen LogP contribution in [0.25, 0.3) is 51.1 Å². The van der Waals surface area contributed by atoms with E-state index in [1.165, 1.54) is 56.3 Å². The van der Waals surface area contributed by atoms with Crippen LogP contribution >= 0.6 is 80.5 Å². The molecule has 704 valence electrons. The molecular formula is C93H90ClF4N15O16S6. The third-order valence-electron chi connectivity index (χ3n) is 20.6. The van der Waals surface area contributed by atoms with Gasteiger partial charge in [0.25, 0.3) is 11.4 Å². The van der Waals surface area contributed by atoms with Crippen LogP contribution in [0.4, 0.5) is 40.3 Å². The van der Waals surface area contributed by atoms with Crippen LogP contribution in [0, 0.1) is 43.5 Å². The number of nitrogens with two attached hydrogens (primary N) is 1. The van der Waals surface area contributed by atoms with Crippen molar-refractivity contribution in [2.45, 2.75) is 32.6 Å². The number of benzene rings is 5. The zero-order valence-corrected chi connectivity index (χ0v) is 77.8. The van der Waals surface area contributed by atoms with E-state index in [0.29, 0.717) is 44.6 Å². The Bertz CT molecular complexity index is 6620.